The van der Waals surface area contributed by atoms with Crippen molar-refractivity contribution in [1.29, 1.82) is 0 Å². The fraction of sp³-hybridized carbons (Fsp3) is 0.462. The molecule has 0 spiro atoms. The van der Waals surface area contributed by atoms with Crippen molar-refractivity contribution in [2.75, 3.05) is 0 Å². The molecule has 148 valence electrons. The monoisotopic (exact) mass is 376 g/mol. The molecule has 2 nitrogen and oxygen atoms in total. The van der Waals surface area contributed by atoms with Crippen LogP contribution in [0.1, 0.15) is 65.0 Å². The summed E-state index contributed by atoms with van der Waals surface area (Å²) >= 11 is 0. The molecule has 0 heterocycles. The number of phenols is 2. The first kappa shape index (κ1) is 19.1. The first-order chi connectivity index (χ1) is 13.0. The van der Waals surface area contributed by atoms with Gasteiger partial charge in [0.25, 0.3) is 0 Å². The smallest absolute Gasteiger partial charge is 0.123 e. The molecule has 0 aliphatic heterocycles. The summed E-state index contributed by atoms with van der Waals surface area (Å²) in [5.41, 5.74) is 5.41. The zero-order chi connectivity index (χ0) is 20.4. The van der Waals surface area contributed by atoms with Gasteiger partial charge in [-0.15, -0.1) is 0 Å². The standard InChI is InChI=1S/C26H32O2/c1-15-11-18(21-14-20(15)26(21,5)6)24-22(27)12-16(13-23(24)28)17-9-7-8-10-19(17)25(2,3)4/h7-13,18,20-21,27-28H,14H2,1-6H3. The maximum absolute atomic E-state index is 11.0. The summed E-state index contributed by atoms with van der Waals surface area (Å²) in [5.74, 6) is 1.58. The third-order valence-electron chi connectivity index (χ3n) is 7.28. The van der Waals surface area contributed by atoms with Crippen molar-refractivity contribution in [2.24, 2.45) is 17.3 Å². The molecule has 2 bridgehead atoms. The number of allylic oxidation sites excluding steroid dienone is 2. The SMILES string of the molecule is CC1=CC(c2c(O)cc(-c3ccccc3C(C)(C)C)cc2O)C2CC1C2(C)C. The number of hydrogen-bond donors (Lipinski definition) is 2. The third kappa shape index (κ3) is 2.77. The van der Waals surface area contributed by atoms with Crippen LogP contribution < -0.4 is 0 Å². The Morgan fingerprint density at radius 1 is 1.00 bits per heavy atom. The van der Waals surface area contributed by atoms with E-state index in [1.807, 2.05) is 24.3 Å². The number of fused-ring (bicyclic) bond motifs is 1. The largest absolute Gasteiger partial charge is 0.507 e. The Balaban J connectivity index is 1.81. The third-order valence-corrected chi connectivity index (χ3v) is 7.28. The zero-order valence-corrected chi connectivity index (χ0v) is 17.9. The maximum atomic E-state index is 11.0. The van der Waals surface area contributed by atoms with Gasteiger partial charge in [-0.05, 0) is 64.8 Å². The Morgan fingerprint density at radius 2 is 1.61 bits per heavy atom. The summed E-state index contributed by atoms with van der Waals surface area (Å²) in [7, 11) is 0. The molecule has 5 rings (SSSR count). The molecule has 2 N–H and O–H groups in total. The summed E-state index contributed by atoms with van der Waals surface area (Å²) in [6.07, 6.45) is 3.41. The number of hydrogen-bond acceptors (Lipinski definition) is 2. The molecule has 1 fully saturated rings. The summed E-state index contributed by atoms with van der Waals surface area (Å²) in [6, 6.07) is 11.9. The van der Waals surface area contributed by atoms with Crippen LogP contribution in [0.3, 0.4) is 0 Å². The van der Waals surface area contributed by atoms with Gasteiger partial charge in [0.05, 0.1) is 0 Å². The van der Waals surface area contributed by atoms with Gasteiger partial charge in [0, 0.05) is 11.5 Å². The lowest BCUT2D eigenvalue weighted by molar-refractivity contribution is -0.0198. The fourth-order valence-electron chi connectivity index (χ4n) is 5.65. The topological polar surface area (TPSA) is 40.5 Å². The molecule has 2 heteroatoms. The molecule has 28 heavy (non-hydrogen) atoms. The van der Waals surface area contributed by atoms with E-state index in [4.69, 9.17) is 0 Å². The number of aromatic hydroxyl groups is 2. The molecule has 0 saturated heterocycles. The Morgan fingerprint density at radius 3 is 2.14 bits per heavy atom. The van der Waals surface area contributed by atoms with Crippen molar-refractivity contribution >= 4 is 0 Å². The van der Waals surface area contributed by atoms with Gasteiger partial charge in [-0.1, -0.05) is 70.5 Å². The van der Waals surface area contributed by atoms with Crippen LogP contribution in [0.5, 0.6) is 11.5 Å². The molecule has 0 radical (unpaired) electrons. The first-order valence-corrected chi connectivity index (χ1v) is 10.4. The average Bonchev–Trinajstić information content (AvgIpc) is 2.59. The van der Waals surface area contributed by atoms with Gasteiger partial charge in [0.15, 0.2) is 0 Å². The van der Waals surface area contributed by atoms with Crippen LogP contribution in [0.4, 0.5) is 0 Å². The molecule has 0 amide bonds. The van der Waals surface area contributed by atoms with Gasteiger partial charge in [0.2, 0.25) is 0 Å². The summed E-state index contributed by atoms with van der Waals surface area (Å²) in [6.45, 7) is 13.4. The van der Waals surface area contributed by atoms with Gasteiger partial charge >= 0.3 is 0 Å². The number of phenolic OH excluding ortho intramolecular Hbond substituents is 2. The van der Waals surface area contributed by atoms with Crippen molar-refractivity contribution < 1.29 is 10.2 Å². The minimum atomic E-state index is -0.0192. The summed E-state index contributed by atoms with van der Waals surface area (Å²) in [5, 5.41) is 22.0. The predicted molar refractivity (Wildman–Crippen MR) is 116 cm³/mol. The van der Waals surface area contributed by atoms with Crippen molar-refractivity contribution in [3.8, 4) is 22.6 Å². The van der Waals surface area contributed by atoms with E-state index in [0.717, 1.165) is 17.5 Å². The second-order valence-electron chi connectivity index (χ2n) is 10.4. The van der Waals surface area contributed by atoms with Crippen LogP contribution in [-0.4, -0.2) is 10.2 Å². The van der Waals surface area contributed by atoms with Gasteiger partial charge < -0.3 is 10.2 Å². The van der Waals surface area contributed by atoms with Crippen molar-refractivity contribution in [1.82, 2.24) is 0 Å². The van der Waals surface area contributed by atoms with Gasteiger partial charge in [-0.2, -0.15) is 0 Å². The first-order valence-electron chi connectivity index (χ1n) is 10.4. The second-order valence-corrected chi connectivity index (χ2v) is 10.4. The maximum Gasteiger partial charge on any atom is 0.123 e. The van der Waals surface area contributed by atoms with E-state index in [-0.39, 0.29) is 28.2 Å². The number of benzene rings is 2. The van der Waals surface area contributed by atoms with Crippen LogP contribution in [-0.2, 0) is 5.41 Å². The highest BCUT2D eigenvalue weighted by Crippen LogP contribution is 2.65. The Kier molecular flexibility index (Phi) is 4.19. The highest BCUT2D eigenvalue weighted by atomic mass is 16.3. The van der Waals surface area contributed by atoms with Gasteiger partial charge in [-0.3, -0.25) is 0 Å². The van der Waals surface area contributed by atoms with E-state index in [2.05, 4.69) is 59.8 Å². The number of rotatable bonds is 2. The molecule has 2 aromatic carbocycles. The van der Waals surface area contributed by atoms with Crippen molar-refractivity contribution in [3.63, 3.8) is 0 Å². The Hall–Kier alpha value is -2.22. The van der Waals surface area contributed by atoms with E-state index in [1.165, 1.54) is 11.1 Å². The lowest BCUT2D eigenvalue weighted by Gasteiger charge is -2.59. The van der Waals surface area contributed by atoms with E-state index >= 15 is 0 Å². The Bertz CT molecular complexity index is 936. The van der Waals surface area contributed by atoms with E-state index in [0.29, 0.717) is 17.4 Å². The molecular formula is C26H32O2. The average molecular weight is 377 g/mol. The summed E-state index contributed by atoms with van der Waals surface area (Å²) in [4.78, 5) is 0. The molecule has 3 aliphatic carbocycles. The predicted octanol–water partition coefficient (Wildman–Crippen LogP) is 6.77. The zero-order valence-electron chi connectivity index (χ0n) is 17.9. The van der Waals surface area contributed by atoms with Crippen LogP contribution in [0.2, 0.25) is 0 Å². The van der Waals surface area contributed by atoms with Gasteiger partial charge in [-0.25, -0.2) is 0 Å². The van der Waals surface area contributed by atoms with Crippen molar-refractivity contribution in [2.45, 2.75) is 59.3 Å². The summed E-state index contributed by atoms with van der Waals surface area (Å²) < 4.78 is 0. The Labute approximate surface area is 168 Å². The molecule has 2 aromatic rings. The van der Waals surface area contributed by atoms with Crippen LogP contribution >= 0.6 is 0 Å². The fourth-order valence-corrected chi connectivity index (χ4v) is 5.65. The lowest BCUT2D eigenvalue weighted by atomic mass is 9.45. The second kappa shape index (κ2) is 6.14. The van der Waals surface area contributed by atoms with Gasteiger partial charge in [0.1, 0.15) is 11.5 Å². The molecule has 3 aliphatic rings. The van der Waals surface area contributed by atoms with E-state index in [9.17, 15) is 10.2 Å². The van der Waals surface area contributed by atoms with Crippen LogP contribution in [0.25, 0.3) is 11.1 Å². The molecular weight excluding hydrogens is 344 g/mol. The van der Waals surface area contributed by atoms with E-state index in [1.54, 1.807) is 0 Å². The lowest BCUT2D eigenvalue weighted by Crippen LogP contribution is -2.50. The van der Waals surface area contributed by atoms with Crippen LogP contribution in [0.15, 0.2) is 48.0 Å². The van der Waals surface area contributed by atoms with Crippen LogP contribution in [0, 0.1) is 17.3 Å². The molecule has 1 saturated carbocycles. The minimum absolute atomic E-state index is 0.0192. The normalized spacial score (nSPS) is 25.8. The minimum Gasteiger partial charge on any atom is -0.507 e. The molecule has 3 atom stereocenters. The highest BCUT2D eigenvalue weighted by Gasteiger charge is 2.55. The quantitative estimate of drug-likeness (QED) is 0.568. The highest BCUT2D eigenvalue weighted by molar-refractivity contribution is 5.73. The van der Waals surface area contributed by atoms with E-state index < -0.39 is 0 Å². The van der Waals surface area contributed by atoms with Crippen molar-refractivity contribution in [3.05, 3.63) is 59.2 Å². The molecule has 3 unspecified atom stereocenters. The molecule has 0 aromatic heterocycles.